The number of amides is 2. The van der Waals surface area contributed by atoms with E-state index in [0.29, 0.717) is 55.6 Å². The Hall–Kier alpha value is -5.33. The number of hydrogen-bond acceptors (Lipinski definition) is 19. The Balaban J connectivity index is 0.880. The number of aliphatic hydroxyl groups is 1. The number of aromatic nitrogens is 4. The van der Waals surface area contributed by atoms with Crippen molar-refractivity contribution in [2.24, 2.45) is 5.92 Å². The summed E-state index contributed by atoms with van der Waals surface area (Å²) in [5.41, 5.74) is 8.93. The van der Waals surface area contributed by atoms with Crippen molar-refractivity contribution in [3.8, 4) is 0 Å². The van der Waals surface area contributed by atoms with Gasteiger partial charge in [0.15, 0.2) is 17.2 Å². The SMILES string of the molecule is CCN1/C2=C/C=C/C3=[N+](CCCCCC(=O)NCCNC(=O)O[C@@H]4[C@@H](COP(=O)(O)OP(=O)(O)OP(=O)(O)O)C[C@@H](n5cnc6c(N)ncnc65)[C@@H]4O)c4ccc(S(=O)(=O)O)cc4C3(C)CC2(C)c2cc(S(=O)(=O)O)ccc21. The molecule has 78 heavy (non-hydrogen) atoms. The van der Waals surface area contributed by atoms with Gasteiger partial charge in [0.25, 0.3) is 20.2 Å². The average molecular weight is 1190 g/mol. The second kappa shape index (κ2) is 22.0. The van der Waals surface area contributed by atoms with Gasteiger partial charge in [0.2, 0.25) is 11.6 Å². The highest BCUT2D eigenvalue weighted by Gasteiger charge is 2.56. The number of unbranched alkanes of at least 4 members (excludes halogenated alkanes) is 2. The summed E-state index contributed by atoms with van der Waals surface area (Å²) >= 11 is 0. The number of nitrogens with zero attached hydrogens (tertiary/aromatic N) is 6. The Morgan fingerprint density at radius 1 is 0.885 bits per heavy atom. The molecular formula is C44H57N9O20P3S2+. The highest BCUT2D eigenvalue weighted by atomic mass is 32.2. The second-order valence-corrected chi connectivity index (χ2v) is 26.6. The summed E-state index contributed by atoms with van der Waals surface area (Å²) in [5.74, 6) is -1.50. The highest BCUT2D eigenvalue weighted by Crippen LogP contribution is 2.66. The Morgan fingerprint density at radius 3 is 2.24 bits per heavy atom. The van der Waals surface area contributed by atoms with E-state index in [1.807, 2.05) is 39.0 Å². The fraction of sp³-hybridized carbons (Fsp3) is 0.455. The number of anilines is 2. The topological polar surface area (TPSA) is 432 Å². The van der Waals surface area contributed by atoms with Gasteiger partial charge in [-0.3, -0.25) is 18.4 Å². The maximum Gasteiger partial charge on any atom is 0.490 e. The average Bonchev–Trinajstić information content (AvgIpc) is 4.02. The van der Waals surface area contributed by atoms with Gasteiger partial charge in [-0.15, -0.1) is 0 Å². The molecule has 2 aliphatic carbocycles. The number of nitrogen functional groups attached to an aromatic ring is 1. The van der Waals surface area contributed by atoms with E-state index in [0.717, 1.165) is 23.4 Å². The van der Waals surface area contributed by atoms with Crippen molar-refractivity contribution in [3.05, 3.63) is 84.1 Å². The molecule has 29 nitrogen and oxygen atoms in total. The number of nitrogens with two attached hydrogens (primary N) is 1. The zero-order valence-electron chi connectivity index (χ0n) is 41.8. The smallest absolute Gasteiger partial charge is 0.443 e. The summed E-state index contributed by atoms with van der Waals surface area (Å²) in [6, 6.07) is 7.91. The van der Waals surface area contributed by atoms with Gasteiger partial charge < -0.3 is 55.3 Å². The van der Waals surface area contributed by atoms with E-state index in [-0.39, 0.29) is 58.6 Å². The Labute approximate surface area is 446 Å². The van der Waals surface area contributed by atoms with E-state index in [2.05, 4.69) is 43.7 Å². The van der Waals surface area contributed by atoms with Crippen molar-refractivity contribution in [2.75, 3.05) is 43.4 Å². The zero-order chi connectivity index (χ0) is 57.0. The molecule has 1 saturated carbocycles. The number of fused-ring (bicyclic) bond motifs is 7. The number of likely N-dealkylation sites (N-methyl/N-ethyl adjacent to an activating group) is 1. The monoisotopic (exact) mass is 1190 g/mol. The summed E-state index contributed by atoms with van der Waals surface area (Å²) in [6.45, 7) is 5.78. The third-order valence-electron chi connectivity index (χ3n) is 14.1. The van der Waals surface area contributed by atoms with Crippen LogP contribution in [-0.2, 0) is 67.4 Å². The fourth-order valence-electron chi connectivity index (χ4n) is 10.9. The normalized spacial score (nSPS) is 25.6. The van der Waals surface area contributed by atoms with Gasteiger partial charge in [0.1, 0.15) is 30.6 Å². The van der Waals surface area contributed by atoms with Crippen LogP contribution in [0, 0.1) is 5.92 Å². The van der Waals surface area contributed by atoms with Crippen molar-refractivity contribution in [2.45, 2.75) is 98.2 Å². The van der Waals surface area contributed by atoms with Crippen LogP contribution in [0.25, 0.3) is 11.2 Å². The molecule has 4 heterocycles. The lowest BCUT2D eigenvalue weighted by atomic mass is 9.64. The molecule has 34 heteroatoms. The van der Waals surface area contributed by atoms with Crippen LogP contribution in [0.4, 0.5) is 22.0 Å². The molecule has 8 atom stereocenters. The van der Waals surface area contributed by atoms with Gasteiger partial charge in [0.05, 0.1) is 34.2 Å². The first-order chi connectivity index (χ1) is 36.4. The van der Waals surface area contributed by atoms with Crippen LogP contribution < -0.4 is 21.3 Å². The number of carbonyl (C=O) groups is 2. The molecule has 2 amide bonds. The van der Waals surface area contributed by atoms with Crippen molar-refractivity contribution >= 4 is 89.8 Å². The molecule has 2 aliphatic heterocycles. The number of benzene rings is 2. The van der Waals surface area contributed by atoms with Crippen LogP contribution in [0.5, 0.6) is 0 Å². The van der Waals surface area contributed by atoms with Crippen LogP contribution in [0.2, 0.25) is 0 Å². The lowest BCUT2D eigenvalue weighted by Crippen LogP contribution is -2.41. The number of rotatable bonds is 21. The Morgan fingerprint density at radius 2 is 1.56 bits per heavy atom. The third-order valence-corrected chi connectivity index (χ3v) is 19.6. The molecule has 0 saturated heterocycles. The number of hydrogen-bond donors (Lipinski definition) is 10. The molecule has 4 unspecified atom stereocenters. The first-order valence-electron chi connectivity index (χ1n) is 24.0. The molecule has 1 fully saturated rings. The lowest BCUT2D eigenvalue weighted by molar-refractivity contribution is -0.438. The van der Waals surface area contributed by atoms with Crippen LogP contribution in [-0.4, -0.2) is 137 Å². The minimum Gasteiger partial charge on any atom is -0.443 e. The molecule has 8 rings (SSSR count). The van der Waals surface area contributed by atoms with Gasteiger partial charge in [-0.1, -0.05) is 6.08 Å². The standard InChI is InChI=1S/C44H56N9O20P3S2/c1-4-51-31-14-12-27(77(64,65)66)20-29(31)43(2)23-44(3)30-21-28(78(67,68)69)13-15-32(30)52(35(44)10-8-9-34(43)51)18-7-5-6-11-36(54)46-16-17-47-42(56)71-39-26(22-70-75(60,61)73-76(62,63)72-74(57,58)59)19-33(38(39)55)53-25-50-37-40(45)48-24-49-41(37)53/h8-10,12-15,20-21,24-26,33,38-39,55H,4-7,11,16-19,22-23H2,1-3H3,(H9-,45,46,47,48,49,54,56,57,58,59,60,61,62,63,64,65,66,67,68,69)/p+1/t26-,33-,38+,39-,43?,44?/m1/s1. The molecule has 0 radical (unpaired) electrons. The first kappa shape index (κ1) is 58.8. The molecular weight excluding hydrogens is 1130 g/mol. The van der Waals surface area contributed by atoms with Crippen molar-refractivity contribution in [3.63, 3.8) is 0 Å². The molecule has 4 aliphatic rings. The minimum atomic E-state index is -5.87. The number of alkyl carbamates (subject to hydrolysis) is 1. The number of aliphatic hydroxyl groups excluding tert-OH is 1. The van der Waals surface area contributed by atoms with E-state index in [9.17, 15) is 64.1 Å². The number of phosphoric acid groups is 3. The van der Waals surface area contributed by atoms with E-state index in [1.54, 1.807) is 12.1 Å². The highest BCUT2D eigenvalue weighted by molar-refractivity contribution is 7.86. The third kappa shape index (κ3) is 12.3. The first-order valence-corrected chi connectivity index (χ1v) is 31.4. The van der Waals surface area contributed by atoms with E-state index in [1.165, 1.54) is 35.2 Å². The summed E-state index contributed by atoms with van der Waals surface area (Å²) < 4.78 is 127. The molecule has 0 spiro atoms. The quantitative estimate of drug-likeness (QED) is 0.0246. The van der Waals surface area contributed by atoms with Crippen LogP contribution >= 0.6 is 23.5 Å². The van der Waals surface area contributed by atoms with Crippen molar-refractivity contribution in [1.82, 2.24) is 30.2 Å². The lowest BCUT2D eigenvalue weighted by Gasteiger charge is -2.37. The molecule has 2 aromatic carbocycles. The number of carbonyl (C=O) groups excluding carboxylic acids is 2. The number of phosphoric ester groups is 1. The molecule has 2 aromatic heterocycles. The predicted octanol–water partition coefficient (Wildman–Crippen LogP) is 3.64. The second-order valence-electron chi connectivity index (χ2n) is 19.3. The van der Waals surface area contributed by atoms with Gasteiger partial charge in [0, 0.05) is 72.9 Å². The number of ether oxygens (including phenoxy) is 1. The van der Waals surface area contributed by atoms with Gasteiger partial charge >= 0.3 is 29.6 Å². The molecule has 11 N–H and O–H groups in total. The number of nitrogens with one attached hydrogen (secondary N) is 2. The fourth-order valence-corrected chi connectivity index (χ4v) is 15.0. The molecule has 4 aromatic rings. The van der Waals surface area contributed by atoms with Crippen molar-refractivity contribution < 1.29 is 96.4 Å². The molecule has 0 bridgehead atoms. The molecule has 424 valence electrons. The van der Waals surface area contributed by atoms with Gasteiger partial charge in [-0.25, -0.2) is 33.4 Å². The van der Waals surface area contributed by atoms with E-state index < -0.39 is 91.4 Å². The summed E-state index contributed by atoms with van der Waals surface area (Å²) in [4.78, 5) is 77.2. The summed E-state index contributed by atoms with van der Waals surface area (Å²) in [7, 11) is -26.4. The van der Waals surface area contributed by atoms with Crippen molar-refractivity contribution in [1.29, 1.82) is 0 Å². The Bertz CT molecular complexity index is 3540. The Kier molecular flexibility index (Phi) is 16.6. The van der Waals surface area contributed by atoms with Crippen LogP contribution in [0.3, 0.4) is 0 Å². The minimum absolute atomic E-state index is 0.00851. The number of imidazole rings is 1. The maximum atomic E-state index is 13.1. The van der Waals surface area contributed by atoms with E-state index in [4.69, 9.17) is 24.8 Å². The van der Waals surface area contributed by atoms with Crippen LogP contribution in [0.15, 0.2) is 82.8 Å². The van der Waals surface area contributed by atoms with Gasteiger partial charge in [-0.05, 0) is 88.4 Å². The van der Waals surface area contributed by atoms with Gasteiger partial charge in [-0.2, -0.15) is 30.0 Å². The maximum absolute atomic E-state index is 13.1. The van der Waals surface area contributed by atoms with E-state index >= 15 is 0 Å². The largest absolute Gasteiger partial charge is 0.490 e. The number of allylic oxidation sites excluding steroid dienone is 4. The zero-order valence-corrected chi connectivity index (χ0v) is 46.1. The summed E-state index contributed by atoms with van der Waals surface area (Å²) in [6.07, 6.45) is 5.89. The summed E-state index contributed by atoms with van der Waals surface area (Å²) in [5, 5.41) is 16.6. The predicted molar refractivity (Wildman–Crippen MR) is 274 cm³/mol. The van der Waals surface area contributed by atoms with Crippen LogP contribution in [0.1, 0.15) is 76.5 Å².